The SMILES string of the molecule is COc1ncc(-c2cc(OCC(O)CN3CCOCC3)cc3ccccc23)cn1. The Labute approximate surface area is 169 Å². The predicted molar refractivity (Wildman–Crippen MR) is 110 cm³/mol. The number of ether oxygens (including phenoxy) is 3. The van der Waals surface area contributed by atoms with Gasteiger partial charge in [-0.25, -0.2) is 9.97 Å². The van der Waals surface area contributed by atoms with Crippen LogP contribution in [0.25, 0.3) is 21.9 Å². The number of aromatic nitrogens is 2. The average Bonchev–Trinajstić information content (AvgIpc) is 2.78. The van der Waals surface area contributed by atoms with E-state index in [9.17, 15) is 5.11 Å². The largest absolute Gasteiger partial charge is 0.491 e. The van der Waals surface area contributed by atoms with E-state index in [-0.39, 0.29) is 6.61 Å². The lowest BCUT2D eigenvalue weighted by molar-refractivity contribution is 0.00467. The van der Waals surface area contributed by atoms with Crippen molar-refractivity contribution in [1.82, 2.24) is 14.9 Å². The first-order valence-electron chi connectivity index (χ1n) is 9.73. The summed E-state index contributed by atoms with van der Waals surface area (Å²) in [6.07, 6.45) is 2.92. The molecule has 1 fully saturated rings. The number of morpholine rings is 1. The van der Waals surface area contributed by atoms with E-state index < -0.39 is 6.10 Å². The number of β-amino-alcohol motifs (C(OH)–C–C–N with tert-alkyl or cyclic N) is 1. The molecule has 1 atom stereocenters. The Balaban J connectivity index is 1.53. The first-order chi connectivity index (χ1) is 14.2. The van der Waals surface area contributed by atoms with Crippen molar-refractivity contribution < 1.29 is 19.3 Å². The van der Waals surface area contributed by atoms with E-state index in [4.69, 9.17) is 14.2 Å². The normalized spacial score (nSPS) is 15.9. The zero-order valence-corrected chi connectivity index (χ0v) is 16.5. The quantitative estimate of drug-likeness (QED) is 0.658. The van der Waals surface area contributed by atoms with Gasteiger partial charge in [0.1, 0.15) is 18.5 Å². The lowest BCUT2D eigenvalue weighted by Crippen LogP contribution is -2.42. The van der Waals surface area contributed by atoms with Crippen molar-refractivity contribution in [3.63, 3.8) is 0 Å². The Hall–Kier alpha value is -2.74. The van der Waals surface area contributed by atoms with Crippen LogP contribution >= 0.6 is 0 Å². The summed E-state index contributed by atoms with van der Waals surface area (Å²) in [7, 11) is 1.54. The number of aliphatic hydroxyl groups excluding tert-OH is 1. The van der Waals surface area contributed by atoms with Crippen molar-refractivity contribution in [3.8, 4) is 22.9 Å². The summed E-state index contributed by atoms with van der Waals surface area (Å²) in [5.74, 6) is 0.704. The van der Waals surface area contributed by atoms with E-state index in [1.807, 2.05) is 30.3 Å². The Morgan fingerprint density at radius 2 is 1.90 bits per heavy atom. The van der Waals surface area contributed by atoms with Gasteiger partial charge in [-0.05, 0) is 28.5 Å². The van der Waals surface area contributed by atoms with E-state index in [1.54, 1.807) is 19.5 Å². The molecule has 152 valence electrons. The molecule has 0 aliphatic carbocycles. The van der Waals surface area contributed by atoms with E-state index >= 15 is 0 Å². The Bertz CT molecular complexity index is 942. The smallest absolute Gasteiger partial charge is 0.316 e. The van der Waals surface area contributed by atoms with Gasteiger partial charge in [0.15, 0.2) is 0 Å². The summed E-state index contributed by atoms with van der Waals surface area (Å²) in [5, 5.41) is 12.5. The van der Waals surface area contributed by atoms with Crippen LogP contribution in [0.15, 0.2) is 48.8 Å². The van der Waals surface area contributed by atoms with Crippen LogP contribution in [0.1, 0.15) is 0 Å². The molecule has 1 aliphatic rings. The molecule has 0 bridgehead atoms. The average molecular weight is 395 g/mol. The maximum atomic E-state index is 10.4. The molecule has 0 amide bonds. The van der Waals surface area contributed by atoms with E-state index in [0.717, 1.165) is 35.0 Å². The van der Waals surface area contributed by atoms with Crippen LogP contribution in [0.4, 0.5) is 0 Å². The molecule has 7 nitrogen and oxygen atoms in total. The van der Waals surface area contributed by atoms with E-state index in [0.29, 0.717) is 31.5 Å². The molecule has 1 saturated heterocycles. The molecule has 1 aromatic heterocycles. The van der Waals surface area contributed by atoms with Crippen molar-refractivity contribution in [2.45, 2.75) is 6.10 Å². The number of hydrogen-bond acceptors (Lipinski definition) is 7. The fourth-order valence-corrected chi connectivity index (χ4v) is 3.49. The lowest BCUT2D eigenvalue weighted by atomic mass is 10.00. The fourth-order valence-electron chi connectivity index (χ4n) is 3.49. The van der Waals surface area contributed by atoms with Gasteiger partial charge in [0.05, 0.1) is 20.3 Å². The van der Waals surface area contributed by atoms with E-state index in [1.165, 1.54) is 0 Å². The number of aliphatic hydroxyl groups is 1. The van der Waals surface area contributed by atoms with Gasteiger partial charge in [0.25, 0.3) is 0 Å². The fraction of sp³-hybridized carbons (Fsp3) is 0.364. The second-order valence-electron chi connectivity index (χ2n) is 7.03. The van der Waals surface area contributed by atoms with Gasteiger partial charge in [-0.15, -0.1) is 0 Å². The third-order valence-electron chi connectivity index (χ3n) is 4.97. The highest BCUT2D eigenvalue weighted by Crippen LogP contribution is 2.33. The van der Waals surface area contributed by atoms with Crippen molar-refractivity contribution in [2.75, 3.05) is 46.6 Å². The van der Waals surface area contributed by atoms with Crippen molar-refractivity contribution >= 4 is 10.8 Å². The minimum atomic E-state index is -0.563. The highest BCUT2D eigenvalue weighted by molar-refractivity contribution is 5.97. The molecule has 29 heavy (non-hydrogen) atoms. The molecule has 3 aromatic rings. The molecule has 1 N–H and O–H groups in total. The Morgan fingerprint density at radius 1 is 1.14 bits per heavy atom. The molecule has 0 saturated carbocycles. The van der Waals surface area contributed by atoms with Crippen LogP contribution in [-0.2, 0) is 4.74 Å². The van der Waals surface area contributed by atoms with Crippen molar-refractivity contribution in [1.29, 1.82) is 0 Å². The van der Waals surface area contributed by atoms with Crippen LogP contribution in [0, 0.1) is 0 Å². The maximum absolute atomic E-state index is 10.4. The van der Waals surface area contributed by atoms with Crippen LogP contribution in [-0.4, -0.2) is 72.6 Å². The minimum Gasteiger partial charge on any atom is -0.491 e. The van der Waals surface area contributed by atoms with Gasteiger partial charge in [-0.3, -0.25) is 4.90 Å². The second kappa shape index (κ2) is 9.17. The topological polar surface area (TPSA) is 76.9 Å². The monoisotopic (exact) mass is 395 g/mol. The molecular formula is C22H25N3O4. The second-order valence-corrected chi connectivity index (χ2v) is 7.03. The molecule has 0 spiro atoms. The number of rotatable bonds is 7. The number of methoxy groups -OCH3 is 1. The Morgan fingerprint density at radius 3 is 2.66 bits per heavy atom. The minimum absolute atomic E-state index is 0.230. The van der Waals surface area contributed by atoms with Gasteiger partial charge in [-0.2, -0.15) is 0 Å². The predicted octanol–water partition coefficient (Wildman–Crippen LogP) is 2.38. The molecule has 7 heteroatoms. The molecule has 2 heterocycles. The van der Waals surface area contributed by atoms with Crippen LogP contribution in [0.5, 0.6) is 11.8 Å². The number of nitrogens with zero attached hydrogens (tertiary/aromatic N) is 3. The lowest BCUT2D eigenvalue weighted by Gasteiger charge is -2.28. The third kappa shape index (κ3) is 4.82. The van der Waals surface area contributed by atoms with Gasteiger partial charge < -0.3 is 19.3 Å². The Kier molecular flexibility index (Phi) is 6.19. The molecule has 1 unspecified atom stereocenters. The van der Waals surface area contributed by atoms with Crippen LogP contribution in [0.2, 0.25) is 0 Å². The standard InChI is InChI=1S/C22H25N3O4/c1-27-22-23-12-17(13-24-22)21-11-19(10-16-4-2-3-5-20(16)21)29-15-18(26)14-25-6-8-28-9-7-25/h2-5,10-13,18,26H,6-9,14-15H2,1H3. The molecule has 4 rings (SSSR count). The summed E-state index contributed by atoms with van der Waals surface area (Å²) in [5.41, 5.74) is 1.85. The molecule has 2 aromatic carbocycles. The van der Waals surface area contributed by atoms with Crippen LogP contribution in [0.3, 0.4) is 0 Å². The zero-order chi connectivity index (χ0) is 20.1. The van der Waals surface area contributed by atoms with Gasteiger partial charge in [-0.1, -0.05) is 24.3 Å². The first kappa shape index (κ1) is 19.6. The number of fused-ring (bicyclic) bond motifs is 1. The van der Waals surface area contributed by atoms with Crippen molar-refractivity contribution in [3.05, 3.63) is 48.8 Å². The summed E-state index contributed by atoms with van der Waals surface area (Å²) in [6.45, 7) is 3.92. The summed E-state index contributed by atoms with van der Waals surface area (Å²) in [4.78, 5) is 10.6. The molecular weight excluding hydrogens is 370 g/mol. The van der Waals surface area contributed by atoms with Gasteiger partial charge in [0, 0.05) is 37.6 Å². The zero-order valence-electron chi connectivity index (χ0n) is 16.5. The first-order valence-corrected chi connectivity index (χ1v) is 9.73. The van der Waals surface area contributed by atoms with Gasteiger partial charge >= 0.3 is 6.01 Å². The molecule has 0 radical (unpaired) electrons. The van der Waals surface area contributed by atoms with E-state index in [2.05, 4.69) is 20.9 Å². The summed E-state index contributed by atoms with van der Waals surface area (Å²) < 4.78 is 16.4. The summed E-state index contributed by atoms with van der Waals surface area (Å²) in [6, 6.07) is 12.4. The maximum Gasteiger partial charge on any atom is 0.316 e. The summed E-state index contributed by atoms with van der Waals surface area (Å²) >= 11 is 0. The third-order valence-corrected chi connectivity index (χ3v) is 4.97. The molecule has 1 aliphatic heterocycles. The van der Waals surface area contributed by atoms with Gasteiger partial charge in [0.2, 0.25) is 0 Å². The van der Waals surface area contributed by atoms with Crippen LogP contribution < -0.4 is 9.47 Å². The highest BCUT2D eigenvalue weighted by atomic mass is 16.5. The highest BCUT2D eigenvalue weighted by Gasteiger charge is 2.16. The number of benzene rings is 2. The van der Waals surface area contributed by atoms with Crippen molar-refractivity contribution in [2.24, 2.45) is 0 Å². The number of hydrogen-bond donors (Lipinski definition) is 1.